The number of nitrogens with zero attached hydrogens (tertiary/aromatic N) is 1. The van der Waals surface area contributed by atoms with E-state index in [1.54, 1.807) is 24.3 Å². The van der Waals surface area contributed by atoms with E-state index >= 15 is 0 Å². The largest absolute Gasteiger partial charge is 0.493 e. The van der Waals surface area contributed by atoms with Gasteiger partial charge in [0.15, 0.2) is 0 Å². The summed E-state index contributed by atoms with van der Waals surface area (Å²) in [6, 6.07) is 11.9. The molecule has 0 aliphatic heterocycles. The molecule has 0 radical (unpaired) electrons. The Balaban J connectivity index is 1.89. The number of carbonyl (C=O) groups is 2. The lowest BCUT2D eigenvalue weighted by atomic mass is 10.2. The number of nitrogens with one attached hydrogen (secondary N) is 1. The Morgan fingerprint density at radius 2 is 1.82 bits per heavy atom. The first-order chi connectivity index (χ1) is 13.5. The summed E-state index contributed by atoms with van der Waals surface area (Å²) in [5, 5.41) is 13.3. The van der Waals surface area contributed by atoms with Crippen LogP contribution in [0.3, 0.4) is 0 Å². The molecule has 1 amide bonds. The van der Waals surface area contributed by atoms with E-state index in [1.165, 1.54) is 30.3 Å². The fraction of sp³-hybridized carbons (Fsp3) is 0.200. The molecule has 0 atom stereocenters. The van der Waals surface area contributed by atoms with Crippen LogP contribution < -0.4 is 14.8 Å². The summed E-state index contributed by atoms with van der Waals surface area (Å²) < 4.78 is 10.9. The second-order valence-electron chi connectivity index (χ2n) is 5.69. The van der Waals surface area contributed by atoms with Crippen LogP contribution in [-0.4, -0.2) is 30.0 Å². The Morgan fingerprint density at radius 1 is 1.11 bits per heavy atom. The van der Waals surface area contributed by atoms with Crippen molar-refractivity contribution >= 4 is 17.6 Å². The highest BCUT2D eigenvalue weighted by Gasteiger charge is 2.15. The zero-order valence-electron chi connectivity index (χ0n) is 15.1. The van der Waals surface area contributed by atoms with Gasteiger partial charge in [0.2, 0.25) is 5.91 Å². The Bertz CT molecular complexity index is 848. The number of esters is 1. The van der Waals surface area contributed by atoms with E-state index in [2.05, 4.69) is 11.9 Å². The van der Waals surface area contributed by atoms with Crippen molar-refractivity contribution in [3.8, 4) is 11.5 Å². The van der Waals surface area contributed by atoms with Crippen molar-refractivity contribution < 1.29 is 24.0 Å². The number of carbonyl (C=O) groups excluding carboxylic acids is 2. The minimum absolute atomic E-state index is 0.0900. The van der Waals surface area contributed by atoms with Crippen LogP contribution in [-0.2, 0) is 4.79 Å². The maximum Gasteiger partial charge on any atom is 0.347 e. The summed E-state index contributed by atoms with van der Waals surface area (Å²) in [5.41, 5.74) is 0.161. The molecule has 0 fully saturated rings. The lowest BCUT2D eigenvalue weighted by Gasteiger charge is -2.11. The van der Waals surface area contributed by atoms with Gasteiger partial charge in [-0.2, -0.15) is 0 Å². The Kier molecular flexibility index (Phi) is 7.71. The average molecular weight is 384 g/mol. The Labute approximate surface area is 161 Å². The summed E-state index contributed by atoms with van der Waals surface area (Å²) in [4.78, 5) is 33.6. The Hall–Kier alpha value is -3.68. The standard InChI is InChI=1S/C20H20N2O6/c1-2-19(23)21-13-5-6-14-27-18-8-4-3-7-17(18)20(24)28-16-11-9-15(10-12-16)22(25)26/h2-4,7-12H,1,5-6,13-14H2,(H,21,23). The van der Waals surface area contributed by atoms with E-state index in [0.717, 1.165) is 6.42 Å². The van der Waals surface area contributed by atoms with Gasteiger partial charge in [0, 0.05) is 18.7 Å². The predicted octanol–water partition coefficient (Wildman–Crippen LogP) is 3.28. The number of nitro groups is 1. The van der Waals surface area contributed by atoms with Crippen LogP contribution in [0, 0.1) is 10.1 Å². The van der Waals surface area contributed by atoms with Gasteiger partial charge in [0.05, 0.1) is 11.5 Å². The quantitative estimate of drug-likeness (QED) is 0.168. The van der Waals surface area contributed by atoms with Gasteiger partial charge in [0.1, 0.15) is 17.1 Å². The third kappa shape index (κ3) is 6.24. The average Bonchev–Trinajstić information content (AvgIpc) is 2.71. The van der Waals surface area contributed by atoms with E-state index in [-0.39, 0.29) is 22.9 Å². The van der Waals surface area contributed by atoms with Crippen molar-refractivity contribution in [3.63, 3.8) is 0 Å². The molecule has 0 aliphatic carbocycles. The van der Waals surface area contributed by atoms with Gasteiger partial charge in [-0.05, 0) is 43.2 Å². The van der Waals surface area contributed by atoms with Crippen molar-refractivity contribution in [1.29, 1.82) is 0 Å². The molecule has 0 spiro atoms. The zero-order chi connectivity index (χ0) is 20.4. The highest BCUT2D eigenvalue weighted by Crippen LogP contribution is 2.22. The summed E-state index contributed by atoms with van der Waals surface area (Å²) in [6.45, 7) is 4.25. The molecule has 8 heteroatoms. The van der Waals surface area contributed by atoms with Gasteiger partial charge in [-0.1, -0.05) is 18.7 Å². The van der Waals surface area contributed by atoms with E-state index < -0.39 is 10.9 Å². The summed E-state index contributed by atoms with van der Waals surface area (Å²) in [7, 11) is 0. The van der Waals surface area contributed by atoms with Gasteiger partial charge >= 0.3 is 5.97 Å². The number of para-hydroxylation sites is 1. The molecule has 0 heterocycles. The first-order valence-electron chi connectivity index (χ1n) is 8.60. The highest BCUT2D eigenvalue weighted by atomic mass is 16.6. The van der Waals surface area contributed by atoms with Crippen LogP contribution in [0.15, 0.2) is 61.2 Å². The SMILES string of the molecule is C=CC(=O)NCCCCOc1ccccc1C(=O)Oc1ccc([N+](=O)[O-])cc1. The number of ether oxygens (including phenoxy) is 2. The second kappa shape index (κ2) is 10.5. The van der Waals surface area contributed by atoms with Crippen molar-refractivity contribution in [1.82, 2.24) is 5.32 Å². The molecule has 0 unspecified atom stereocenters. The van der Waals surface area contributed by atoms with Crippen LogP contribution >= 0.6 is 0 Å². The molecule has 2 aromatic carbocycles. The number of benzene rings is 2. The molecule has 0 saturated carbocycles. The molecule has 0 aliphatic rings. The molecule has 0 bridgehead atoms. The van der Waals surface area contributed by atoms with E-state index in [9.17, 15) is 19.7 Å². The van der Waals surface area contributed by atoms with Crippen molar-refractivity contribution in [2.75, 3.05) is 13.2 Å². The molecule has 2 rings (SSSR count). The molecule has 8 nitrogen and oxygen atoms in total. The molecular weight excluding hydrogens is 364 g/mol. The van der Waals surface area contributed by atoms with Crippen LogP contribution in [0.4, 0.5) is 5.69 Å². The predicted molar refractivity (Wildman–Crippen MR) is 102 cm³/mol. The third-order valence-corrected chi connectivity index (χ3v) is 3.68. The first-order valence-corrected chi connectivity index (χ1v) is 8.60. The molecule has 0 saturated heterocycles. The smallest absolute Gasteiger partial charge is 0.347 e. The molecule has 2 aromatic rings. The van der Waals surface area contributed by atoms with Crippen molar-refractivity contribution in [2.45, 2.75) is 12.8 Å². The third-order valence-electron chi connectivity index (χ3n) is 3.68. The van der Waals surface area contributed by atoms with E-state index in [0.29, 0.717) is 25.3 Å². The summed E-state index contributed by atoms with van der Waals surface area (Å²) >= 11 is 0. The molecular formula is C20H20N2O6. The molecule has 0 aromatic heterocycles. The lowest BCUT2D eigenvalue weighted by molar-refractivity contribution is -0.384. The number of hydrogen-bond donors (Lipinski definition) is 1. The number of nitro benzene ring substituents is 1. The maximum absolute atomic E-state index is 12.4. The number of amides is 1. The van der Waals surface area contributed by atoms with Crippen molar-refractivity contribution in [2.24, 2.45) is 0 Å². The zero-order valence-corrected chi connectivity index (χ0v) is 15.1. The van der Waals surface area contributed by atoms with Gasteiger partial charge in [-0.25, -0.2) is 4.79 Å². The van der Waals surface area contributed by atoms with Crippen LogP contribution in [0.25, 0.3) is 0 Å². The van der Waals surface area contributed by atoms with Gasteiger partial charge in [-0.3, -0.25) is 14.9 Å². The molecule has 1 N–H and O–H groups in total. The monoisotopic (exact) mass is 384 g/mol. The van der Waals surface area contributed by atoms with Crippen LogP contribution in [0.1, 0.15) is 23.2 Å². The van der Waals surface area contributed by atoms with E-state index in [4.69, 9.17) is 9.47 Å². The Morgan fingerprint density at radius 3 is 2.50 bits per heavy atom. The fourth-order valence-electron chi connectivity index (χ4n) is 2.25. The van der Waals surface area contributed by atoms with Crippen molar-refractivity contribution in [3.05, 3.63) is 76.9 Å². The molecule has 146 valence electrons. The van der Waals surface area contributed by atoms with Gasteiger partial charge < -0.3 is 14.8 Å². The first kappa shape index (κ1) is 20.6. The highest BCUT2D eigenvalue weighted by molar-refractivity contribution is 5.94. The maximum atomic E-state index is 12.4. The van der Waals surface area contributed by atoms with Gasteiger partial charge in [0.25, 0.3) is 5.69 Å². The number of unbranched alkanes of at least 4 members (excludes halogenated alkanes) is 1. The summed E-state index contributed by atoms with van der Waals surface area (Å²) in [5.74, 6) is -0.268. The second-order valence-corrected chi connectivity index (χ2v) is 5.69. The minimum Gasteiger partial charge on any atom is -0.493 e. The lowest BCUT2D eigenvalue weighted by Crippen LogP contribution is -2.22. The van der Waals surface area contributed by atoms with E-state index in [1.807, 2.05) is 0 Å². The molecule has 28 heavy (non-hydrogen) atoms. The van der Waals surface area contributed by atoms with Crippen LogP contribution in [0.2, 0.25) is 0 Å². The number of hydrogen-bond acceptors (Lipinski definition) is 6. The number of rotatable bonds is 10. The van der Waals surface area contributed by atoms with Crippen LogP contribution in [0.5, 0.6) is 11.5 Å². The number of non-ortho nitro benzene ring substituents is 1. The summed E-state index contributed by atoms with van der Waals surface area (Å²) in [6.07, 6.45) is 2.61. The minimum atomic E-state index is -0.623. The normalized spacial score (nSPS) is 10.0. The fourth-order valence-corrected chi connectivity index (χ4v) is 2.25. The topological polar surface area (TPSA) is 108 Å². The van der Waals surface area contributed by atoms with Gasteiger partial charge in [-0.15, -0.1) is 0 Å².